The molecule has 0 radical (unpaired) electrons. The standard InChI is InChI=1S/C22H35NO2S/c1-22(21(18-24)25-26-20-11-6-3-7-12-20)13-8-15-23(16-14-22)17-19-9-4-2-5-10-19/h3,6-7,11-12,19,21,24H,2,4-5,8-10,13-18H2,1H3. The Morgan fingerprint density at radius 1 is 1.12 bits per heavy atom. The van der Waals surface area contributed by atoms with E-state index in [-0.39, 0.29) is 18.1 Å². The number of hydrogen-bond donors (Lipinski definition) is 1. The van der Waals surface area contributed by atoms with Crippen molar-refractivity contribution in [1.29, 1.82) is 0 Å². The van der Waals surface area contributed by atoms with Crippen LogP contribution in [0.4, 0.5) is 0 Å². The molecule has 0 bridgehead atoms. The molecule has 3 nitrogen and oxygen atoms in total. The van der Waals surface area contributed by atoms with Crippen molar-refractivity contribution in [3.8, 4) is 0 Å². The summed E-state index contributed by atoms with van der Waals surface area (Å²) in [7, 11) is 0. The molecule has 1 aliphatic heterocycles. The molecule has 1 saturated heterocycles. The highest BCUT2D eigenvalue weighted by atomic mass is 32.2. The normalized spacial score (nSPS) is 27.2. The second-order valence-electron chi connectivity index (χ2n) is 8.48. The van der Waals surface area contributed by atoms with E-state index in [0.29, 0.717) is 0 Å². The molecule has 2 unspecified atom stereocenters. The van der Waals surface area contributed by atoms with Gasteiger partial charge in [-0.05, 0) is 68.7 Å². The van der Waals surface area contributed by atoms with E-state index in [2.05, 4.69) is 24.0 Å². The van der Waals surface area contributed by atoms with Gasteiger partial charge in [-0.1, -0.05) is 44.4 Å². The molecule has 2 fully saturated rings. The number of nitrogens with zero attached hydrogens (tertiary/aromatic N) is 1. The Balaban J connectivity index is 1.52. The maximum atomic E-state index is 9.99. The number of aliphatic hydroxyl groups excluding tert-OH is 1. The second kappa shape index (κ2) is 10.1. The monoisotopic (exact) mass is 377 g/mol. The fraction of sp³-hybridized carbons (Fsp3) is 0.727. The van der Waals surface area contributed by atoms with Crippen LogP contribution in [0.5, 0.6) is 0 Å². The Morgan fingerprint density at radius 2 is 1.88 bits per heavy atom. The minimum absolute atomic E-state index is 0.0534. The molecular weight excluding hydrogens is 342 g/mol. The van der Waals surface area contributed by atoms with Crippen LogP contribution in [0.3, 0.4) is 0 Å². The zero-order chi connectivity index (χ0) is 18.2. The first kappa shape index (κ1) is 20.2. The summed E-state index contributed by atoms with van der Waals surface area (Å²) in [6, 6.07) is 10.2. The molecule has 1 aliphatic carbocycles. The first-order chi connectivity index (χ1) is 12.7. The minimum atomic E-state index is -0.109. The third-order valence-electron chi connectivity index (χ3n) is 6.41. The SMILES string of the molecule is CC1(C(CO)OSc2ccccc2)CCCN(CC2CCCCC2)CC1. The molecule has 0 amide bonds. The molecule has 146 valence electrons. The van der Waals surface area contributed by atoms with Crippen molar-refractivity contribution in [1.82, 2.24) is 4.90 Å². The predicted molar refractivity (Wildman–Crippen MR) is 109 cm³/mol. The van der Waals surface area contributed by atoms with Crippen LogP contribution in [0.15, 0.2) is 35.2 Å². The van der Waals surface area contributed by atoms with Crippen LogP contribution in [0, 0.1) is 11.3 Å². The lowest BCUT2D eigenvalue weighted by Crippen LogP contribution is -2.38. The van der Waals surface area contributed by atoms with Gasteiger partial charge in [0.15, 0.2) is 0 Å². The number of rotatable bonds is 7. The molecular formula is C22H35NO2S. The molecule has 0 aromatic heterocycles. The first-order valence-corrected chi connectivity index (χ1v) is 11.2. The molecule has 1 aromatic carbocycles. The van der Waals surface area contributed by atoms with Crippen molar-refractivity contribution in [3.63, 3.8) is 0 Å². The topological polar surface area (TPSA) is 32.7 Å². The maximum Gasteiger partial charge on any atom is 0.101 e. The summed E-state index contributed by atoms with van der Waals surface area (Å²) in [5.74, 6) is 0.909. The lowest BCUT2D eigenvalue weighted by molar-refractivity contribution is 0.0172. The minimum Gasteiger partial charge on any atom is -0.394 e. The molecule has 1 heterocycles. The Kier molecular flexibility index (Phi) is 7.86. The van der Waals surface area contributed by atoms with Gasteiger partial charge in [0.1, 0.15) is 6.10 Å². The van der Waals surface area contributed by atoms with Crippen LogP contribution in [-0.2, 0) is 4.18 Å². The molecule has 4 heteroatoms. The van der Waals surface area contributed by atoms with Gasteiger partial charge in [-0.15, -0.1) is 0 Å². The van der Waals surface area contributed by atoms with Gasteiger partial charge in [0.25, 0.3) is 0 Å². The van der Waals surface area contributed by atoms with Crippen molar-refractivity contribution in [2.45, 2.75) is 69.3 Å². The number of likely N-dealkylation sites (tertiary alicyclic amines) is 1. The van der Waals surface area contributed by atoms with E-state index in [0.717, 1.165) is 30.2 Å². The predicted octanol–water partition coefficient (Wildman–Crippen LogP) is 5.14. The van der Waals surface area contributed by atoms with Crippen LogP contribution in [0.25, 0.3) is 0 Å². The average molecular weight is 378 g/mol. The van der Waals surface area contributed by atoms with Crippen LogP contribution >= 0.6 is 12.0 Å². The third kappa shape index (κ3) is 5.72. The van der Waals surface area contributed by atoms with Crippen molar-refractivity contribution in [2.24, 2.45) is 11.3 Å². The van der Waals surface area contributed by atoms with Crippen molar-refractivity contribution >= 4 is 12.0 Å². The fourth-order valence-corrected chi connectivity index (χ4v) is 5.34. The highest BCUT2D eigenvalue weighted by Crippen LogP contribution is 2.39. The molecule has 0 spiro atoms. The molecule has 1 aromatic rings. The van der Waals surface area contributed by atoms with Crippen molar-refractivity contribution < 1.29 is 9.29 Å². The first-order valence-electron chi connectivity index (χ1n) is 10.4. The summed E-state index contributed by atoms with van der Waals surface area (Å²) in [5.41, 5.74) is 0.0534. The largest absolute Gasteiger partial charge is 0.394 e. The van der Waals surface area contributed by atoms with Crippen LogP contribution < -0.4 is 0 Å². The summed E-state index contributed by atoms with van der Waals surface area (Å²) in [6.45, 7) is 6.03. The van der Waals surface area contributed by atoms with Gasteiger partial charge in [0.05, 0.1) is 6.61 Å². The fourth-order valence-electron chi connectivity index (χ4n) is 4.55. The van der Waals surface area contributed by atoms with Gasteiger partial charge >= 0.3 is 0 Å². The summed E-state index contributed by atoms with van der Waals surface area (Å²) in [6.07, 6.45) is 10.5. The Morgan fingerprint density at radius 3 is 2.62 bits per heavy atom. The highest BCUT2D eigenvalue weighted by molar-refractivity contribution is 7.94. The van der Waals surface area contributed by atoms with E-state index < -0.39 is 0 Å². The second-order valence-corrected chi connectivity index (χ2v) is 9.31. The Hall–Kier alpha value is -0.550. The van der Waals surface area contributed by atoms with Gasteiger partial charge in [0.2, 0.25) is 0 Å². The third-order valence-corrected chi connectivity index (χ3v) is 7.20. The molecule has 2 aliphatic rings. The summed E-state index contributed by atoms with van der Waals surface area (Å²) >= 11 is 1.41. The Labute approximate surface area is 163 Å². The lowest BCUT2D eigenvalue weighted by atomic mass is 9.78. The van der Waals surface area contributed by atoms with Crippen LogP contribution in [0.2, 0.25) is 0 Å². The van der Waals surface area contributed by atoms with E-state index in [1.165, 1.54) is 63.7 Å². The molecule has 1 saturated carbocycles. The van der Waals surface area contributed by atoms with E-state index in [9.17, 15) is 5.11 Å². The number of benzene rings is 1. The molecule has 2 atom stereocenters. The Bertz CT molecular complexity index is 520. The lowest BCUT2D eigenvalue weighted by Gasteiger charge is -2.35. The van der Waals surface area contributed by atoms with E-state index in [1.807, 2.05) is 18.2 Å². The van der Waals surface area contributed by atoms with Gasteiger partial charge in [-0.3, -0.25) is 0 Å². The average Bonchev–Trinajstić information content (AvgIpc) is 2.86. The zero-order valence-electron chi connectivity index (χ0n) is 16.2. The summed E-state index contributed by atoms with van der Waals surface area (Å²) in [4.78, 5) is 3.78. The zero-order valence-corrected chi connectivity index (χ0v) is 17.1. The van der Waals surface area contributed by atoms with Gasteiger partial charge in [0, 0.05) is 23.5 Å². The highest BCUT2D eigenvalue weighted by Gasteiger charge is 2.37. The van der Waals surface area contributed by atoms with E-state index >= 15 is 0 Å². The summed E-state index contributed by atoms with van der Waals surface area (Å²) in [5, 5.41) is 9.99. The van der Waals surface area contributed by atoms with Crippen LogP contribution in [-0.4, -0.2) is 42.4 Å². The van der Waals surface area contributed by atoms with Gasteiger partial charge in [-0.2, -0.15) is 0 Å². The molecule has 26 heavy (non-hydrogen) atoms. The number of hydrogen-bond acceptors (Lipinski definition) is 4. The van der Waals surface area contributed by atoms with E-state index in [1.54, 1.807) is 0 Å². The number of aliphatic hydroxyl groups is 1. The van der Waals surface area contributed by atoms with E-state index in [4.69, 9.17) is 4.18 Å². The molecule has 1 N–H and O–H groups in total. The van der Waals surface area contributed by atoms with Crippen LogP contribution in [0.1, 0.15) is 58.3 Å². The quantitative estimate of drug-likeness (QED) is 0.667. The van der Waals surface area contributed by atoms with Gasteiger partial charge < -0.3 is 14.2 Å². The smallest absolute Gasteiger partial charge is 0.101 e. The van der Waals surface area contributed by atoms with Crippen molar-refractivity contribution in [2.75, 3.05) is 26.2 Å². The van der Waals surface area contributed by atoms with Crippen molar-refractivity contribution in [3.05, 3.63) is 30.3 Å². The molecule has 3 rings (SSSR count). The maximum absolute atomic E-state index is 9.99. The summed E-state index contributed by atoms with van der Waals surface area (Å²) < 4.78 is 6.11. The van der Waals surface area contributed by atoms with Gasteiger partial charge in [-0.25, -0.2) is 0 Å².